The molecule has 1 heterocycles. The first-order valence-electron chi connectivity index (χ1n) is 6.87. The largest absolute Gasteiger partial charge is 0.444 e. The molecule has 23 heavy (non-hydrogen) atoms. The van der Waals surface area contributed by atoms with Crippen molar-refractivity contribution < 1.29 is 13.6 Å². The van der Waals surface area contributed by atoms with E-state index in [-0.39, 0.29) is 17.1 Å². The molecule has 0 radical (unpaired) electrons. The van der Waals surface area contributed by atoms with Crippen molar-refractivity contribution in [1.82, 2.24) is 4.98 Å². The zero-order chi connectivity index (χ0) is 16.2. The van der Waals surface area contributed by atoms with Crippen molar-refractivity contribution in [2.45, 2.75) is 6.42 Å². The van der Waals surface area contributed by atoms with Crippen molar-refractivity contribution >= 4 is 23.2 Å². The van der Waals surface area contributed by atoms with Gasteiger partial charge in [-0.05, 0) is 24.3 Å². The van der Waals surface area contributed by atoms with Crippen LogP contribution in [0, 0.1) is 5.82 Å². The molecule has 0 saturated heterocycles. The van der Waals surface area contributed by atoms with Crippen LogP contribution in [0.1, 0.15) is 5.69 Å². The Bertz CT molecular complexity index is 834. The number of halogens is 2. The van der Waals surface area contributed by atoms with Crippen LogP contribution in [-0.4, -0.2) is 10.9 Å². The molecule has 116 valence electrons. The fraction of sp³-hybridized carbons (Fsp3) is 0.0588. The van der Waals surface area contributed by atoms with Gasteiger partial charge in [-0.25, -0.2) is 9.37 Å². The molecule has 0 unspecified atom stereocenters. The van der Waals surface area contributed by atoms with Gasteiger partial charge < -0.3 is 9.73 Å². The number of carbonyl (C=O) groups is 1. The summed E-state index contributed by atoms with van der Waals surface area (Å²) in [6.45, 7) is 0. The second kappa shape index (κ2) is 6.62. The van der Waals surface area contributed by atoms with Gasteiger partial charge in [-0.15, -0.1) is 0 Å². The van der Waals surface area contributed by atoms with E-state index in [1.165, 1.54) is 18.4 Å². The smallest absolute Gasteiger partial charge is 0.230 e. The molecule has 0 spiro atoms. The molecule has 0 saturated carbocycles. The number of hydrogen-bond acceptors (Lipinski definition) is 3. The van der Waals surface area contributed by atoms with E-state index in [1.54, 1.807) is 6.07 Å². The average Bonchev–Trinajstić information content (AvgIpc) is 3.01. The summed E-state index contributed by atoms with van der Waals surface area (Å²) in [6.07, 6.45) is 1.39. The van der Waals surface area contributed by atoms with E-state index in [9.17, 15) is 9.18 Å². The van der Waals surface area contributed by atoms with Crippen LogP contribution >= 0.6 is 11.6 Å². The van der Waals surface area contributed by atoms with Gasteiger partial charge in [0.05, 0.1) is 22.8 Å². The number of oxazole rings is 1. The Kier molecular flexibility index (Phi) is 4.39. The normalized spacial score (nSPS) is 10.5. The number of carbonyl (C=O) groups excluding carboxylic acids is 1. The molecule has 0 aliphatic carbocycles. The molecule has 3 aromatic rings. The highest BCUT2D eigenvalue weighted by atomic mass is 35.5. The third kappa shape index (κ3) is 3.57. The Labute approximate surface area is 136 Å². The van der Waals surface area contributed by atoms with Crippen LogP contribution in [0.25, 0.3) is 11.5 Å². The standard InChI is InChI=1S/C17H12ClFN2O2/c18-13-7-4-8-14(16(13)19)21-15(22)9-12-10-23-17(20-12)11-5-2-1-3-6-11/h1-8,10H,9H2,(H,21,22). The number of rotatable bonds is 4. The minimum atomic E-state index is -0.660. The number of aromatic nitrogens is 1. The van der Waals surface area contributed by atoms with Gasteiger partial charge in [-0.1, -0.05) is 35.9 Å². The lowest BCUT2D eigenvalue weighted by molar-refractivity contribution is -0.115. The fourth-order valence-electron chi connectivity index (χ4n) is 2.06. The molecule has 0 aliphatic heterocycles. The van der Waals surface area contributed by atoms with E-state index in [0.717, 1.165) is 5.56 Å². The molecule has 1 aromatic heterocycles. The first kappa shape index (κ1) is 15.2. The van der Waals surface area contributed by atoms with Crippen LogP contribution in [0.5, 0.6) is 0 Å². The molecular formula is C17H12ClFN2O2. The summed E-state index contributed by atoms with van der Waals surface area (Å²) in [5.41, 5.74) is 1.32. The molecule has 1 N–H and O–H groups in total. The molecule has 0 aliphatic rings. The molecule has 2 aromatic carbocycles. The van der Waals surface area contributed by atoms with Crippen molar-refractivity contribution in [2.75, 3.05) is 5.32 Å². The van der Waals surface area contributed by atoms with Crippen LogP contribution in [-0.2, 0) is 11.2 Å². The van der Waals surface area contributed by atoms with Crippen molar-refractivity contribution in [3.05, 3.63) is 71.3 Å². The number of amides is 1. The number of benzene rings is 2. The predicted octanol–water partition coefficient (Wildman–Crippen LogP) is 4.32. The van der Waals surface area contributed by atoms with E-state index in [0.29, 0.717) is 11.6 Å². The number of nitrogens with zero attached hydrogens (tertiary/aromatic N) is 1. The first-order chi connectivity index (χ1) is 11.1. The van der Waals surface area contributed by atoms with Crippen molar-refractivity contribution in [2.24, 2.45) is 0 Å². The highest BCUT2D eigenvalue weighted by molar-refractivity contribution is 6.31. The molecule has 1 amide bonds. The average molecular weight is 331 g/mol. The first-order valence-corrected chi connectivity index (χ1v) is 7.25. The maximum Gasteiger partial charge on any atom is 0.230 e. The van der Waals surface area contributed by atoms with Crippen LogP contribution in [0.2, 0.25) is 5.02 Å². The van der Waals surface area contributed by atoms with E-state index in [2.05, 4.69) is 10.3 Å². The van der Waals surface area contributed by atoms with E-state index < -0.39 is 11.7 Å². The molecule has 0 fully saturated rings. The third-order valence-electron chi connectivity index (χ3n) is 3.14. The van der Waals surface area contributed by atoms with E-state index in [1.807, 2.05) is 30.3 Å². The zero-order valence-electron chi connectivity index (χ0n) is 11.9. The summed E-state index contributed by atoms with van der Waals surface area (Å²) in [4.78, 5) is 16.2. The Hall–Kier alpha value is -2.66. The lowest BCUT2D eigenvalue weighted by Crippen LogP contribution is -2.15. The zero-order valence-corrected chi connectivity index (χ0v) is 12.7. The number of anilines is 1. The SMILES string of the molecule is O=C(Cc1coc(-c2ccccc2)n1)Nc1cccc(Cl)c1F. The highest BCUT2D eigenvalue weighted by Crippen LogP contribution is 2.22. The molecule has 6 heteroatoms. The predicted molar refractivity (Wildman–Crippen MR) is 85.7 cm³/mol. The second-order valence-electron chi connectivity index (χ2n) is 4.84. The van der Waals surface area contributed by atoms with Gasteiger partial charge in [0.1, 0.15) is 6.26 Å². The van der Waals surface area contributed by atoms with Gasteiger partial charge in [-0.3, -0.25) is 4.79 Å². The van der Waals surface area contributed by atoms with Crippen LogP contribution in [0.3, 0.4) is 0 Å². The summed E-state index contributed by atoms with van der Waals surface area (Å²) in [7, 11) is 0. The van der Waals surface area contributed by atoms with Gasteiger partial charge in [0.2, 0.25) is 11.8 Å². The summed E-state index contributed by atoms with van der Waals surface area (Å²) in [5.74, 6) is -0.631. The lowest BCUT2D eigenvalue weighted by atomic mass is 10.2. The van der Waals surface area contributed by atoms with Crippen LogP contribution in [0.4, 0.5) is 10.1 Å². The maximum atomic E-state index is 13.7. The van der Waals surface area contributed by atoms with E-state index in [4.69, 9.17) is 16.0 Å². The topological polar surface area (TPSA) is 55.1 Å². The van der Waals surface area contributed by atoms with Crippen molar-refractivity contribution in [1.29, 1.82) is 0 Å². The fourth-order valence-corrected chi connectivity index (χ4v) is 2.24. The van der Waals surface area contributed by atoms with E-state index >= 15 is 0 Å². The molecule has 0 bridgehead atoms. The van der Waals surface area contributed by atoms with Crippen molar-refractivity contribution in [3.8, 4) is 11.5 Å². The Balaban J connectivity index is 1.69. The lowest BCUT2D eigenvalue weighted by Gasteiger charge is -2.05. The monoisotopic (exact) mass is 330 g/mol. The van der Waals surface area contributed by atoms with Gasteiger partial charge in [-0.2, -0.15) is 0 Å². The summed E-state index contributed by atoms with van der Waals surface area (Å²) in [5, 5.41) is 2.42. The molecule has 0 atom stereocenters. The van der Waals surface area contributed by atoms with Gasteiger partial charge in [0.25, 0.3) is 0 Å². The Morgan fingerprint density at radius 1 is 1.17 bits per heavy atom. The van der Waals surface area contributed by atoms with Gasteiger partial charge in [0, 0.05) is 5.56 Å². The molecular weight excluding hydrogens is 319 g/mol. The minimum absolute atomic E-state index is 0.0255. The summed E-state index contributed by atoms with van der Waals surface area (Å²) < 4.78 is 19.1. The Morgan fingerprint density at radius 3 is 2.74 bits per heavy atom. The third-order valence-corrected chi connectivity index (χ3v) is 3.43. The number of nitrogens with one attached hydrogen (secondary N) is 1. The second-order valence-corrected chi connectivity index (χ2v) is 5.24. The number of hydrogen-bond donors (Lipinski definition) is 1. The van der Waals surface area contributed by atoms with Gasteiger partial charge in [0.15, 0.2) is 5.82 Å². The molecule has 4 nitrogen and oxygen atoms in total. The summed E-state index contributed by atoms with van der Waals surface area (Å²) >= 11 is 5.67. The minimum Gasteiger partial charge on any atom is -0.444 e. The van der Waals surface area contributed by atoms with Gasteiger partial charge >= 0.3 is 0 Å². The summed E-state index contributed by atoms with van der Waals surface area (Å²) in [6, 6.07) is 13.8. The quantitative estimate of drug-likeness (QED) is 0.775. The van der Waals surface area contributed by atoms with Crippen LogP contribution in [0.15, 0.2) is 59.2 Å². The maximum absolute atomic E-state index is 13.7. The highest BCUT2D eigenvalue weighted by Gasteiger charge is 2.13. The van der Waals surface area contributed by atoms with Crippen molar-refractivity contribution in [3.63, 3.8) is 0 Å². The Morgan fingerprint density at radius 2 is 1.96 bits per heavy atom. The molecule has 3 rings (SSSR count). The van der Waals surface area contributed by atoms with Crippen LogP contribution < -0.4 is 5.32 Å².